The maximum absolute atomic E-state index is 13.4. The number of amides is 1. The van der Waals surface area contributed by atoms with Crippen LogP contribution in [0.4, 0.5) is 5.69 Å². The summed E-state index contributed by atoms with van der Waals surface area (Å²) in [6.07, 6.45) is 0.562. The van der Waals surface area contributed by atoms with E-state index in [1.54, 1.807) is 7.11 Å². The van der Waals surface area contributed by atoms with Gasteiger partial charge in [0.25, 0.3) is 11.8 Å². The second-order valence-electron chi connectivity index (χ2n) is 8.41. The lowest BCUT2D eigenvalue weighted by molar-refractivity contribution is 0.102. The molecule has 180 valence electrons. The maximum atomic E-state index is 13.4. The van der Waals surface area contributed by atoms with Gasteiger partial charge in [-0.15, -0.1) is 0 Å². The van der Waals surface area contributed by atoms with E-state index in [1.807, 2.05) is 91.9 Å². The Morgan fingerprint density at radius 3 is 2.44 bits per heavy atom. The molecule has 1 amide bonds. The number of benzene rings is 4. The van der Waals surface area contributed by atoms with Crippen molar-refractivity contribution in [2.75, 3.05) is 12.4 Å². The molecule has 0 saturated carbocycles. The SMILES string of the molecule is COc1ccc(C)cc1NC(=O)c1cc2ccccc2cc1OCc1nc(Cc2ccccc2)no1. The predicted molar refractivity (Wildman–Crippen MR) is 138 cm³/mol. The molecule has 0 aliphatic heterocycles. The minimum atomic E-state index is -0.310. The number of hydrogen-bond acceptors (Lipinski definition) is 6. The molecule has 0 saturated heterocycles. The highest BCUT2D eigenvalue weighted by Gasteiger charge is 2.18. The number of methoxy groups -OCH3 is 1. The smallest absolute Gasteiger partial charge is 0.264 e. The van der Waals surface area contributed by atoms with Crippen molar-refractivity contribution in [2.45, 2.75) is 20.0 Å². The summed E-state index contributed by atoms with van der Waals surface area (Å²) in [6, 6.07) is 27.0. The summed E-state index contributed by atoms with van der Waals surface area (Å²) in [6.45, 7) is 1.99. The second kappa shape index (κ2) is 10.3. The standard InChI is InChI=1S/C29H25N3O4/c1-19-12-13-25(34-2)24(14-19)30-29(33)23-16-21-10-6-7-11-22(21)17-26(23)35-18-28-31-27(32-36-28)15-20-8-4-3-5-9-20/h3-14,16-17H,15,18H2,1-2H3,(H,30,33). The lowest BCUT2D eigenvalue weighted by atomic mass is 10.0. The first kappa shape index (κ1) is 23.1. The minimum absolute atomic E-state index is 0.0359. The van der Waals surface area contributed by atoms with Crippen molar-refractivity contribution < 1.29 is 18.8 Å². The normalized spacial score (nSPS) is 10.8. The van der Waals surface area contributed by atoms with E-state index in [0.29, 0.717) is 40.9 Å². The average molecular weight is 480 g/mol. The number of fused-ring (bicyclic) bond motifs is 1. The molecule has 1 aromatic heterocycles. The molecule has 0 aliphatic carbocycles. The minimum Gasteiger partial charge on any atom is -0.495 e. The summed E-state index contributed by atoms with van der Waals surface area (Å²) < 4.78 is 16.8. The van der Waals surface area contributed by atoms with Crippen molar-refractivity contribution in [3.8, 4) is 11.5 Å². The molecule has 36 heavy (non-hydrogen) atoms. The molecule has 0 spiro atoms. The molecule has 0 atom stereocenters. The molecule has 0 bridgehead atoms. The molecule has 0 unspecified atom stereocenters. The number of carbonyl (C=O) groups excluding carboxylic acids is 1. The van der Waals surface area contributed by atoms with Gasteiger partial charge in [-0.3, -0.25) is 4.79 Å². The summed E-state index contributed by atoms with van der Waals surface area (Å²) in [5.41, 5.74) is 3.07. The number of anilines is 1. The van der Waals surface area contributed by atoms with Gasteiger partial charge in [0, 0.05) is 6.42 Å². The summed E-state index contributed by atoms with van der Waals surface area (Å²) in [5.74, 6) is 1.59. The van der Waals surface area contributed by atoms with Crippen LogP contribution >= 0.6 is 0 Å². The molecule has 4 aromatic carbocycles. The number of aromatic nitrogens is 2. The van der Waals surface area contributed by atoms with Crippen molar-refractivity contribution in [2.24, 2.45) is 0 Å². The van der Waals surface area contributed by atoms with Gasteiger partial charge in [0.15, 0.2) is 12.4 Å². The van der Waals surface area contributed by atoms with Crippen LogP contribution in [-0.4, -0.2) is 23.2 Å². The molecule has 0 radical (unpaired) electrons. The number of carbonyl (C=O) groups is 1. The highest BCUT2D eigenvalue weighted by Crippen LogP contribution is 2.30. The Kier molecular flexibility index (Phi) is 6.62. The Balaban J connectivity index is 1.39. The zero-order valence-corrected chi connectivity index (χ0v) is 20.0. The average Bonchev–Trinajstić information content (AvgIpc) is 3.34. The van der Waals surface area contributed by atoms with Crippen LogP contribution in [0.3, 0.4) is 0 Å². The van der Waals surface area contributed by atoms with Gasteiger partial charge in [-0.05, 0) is 53.1 Å². The summed E-state index contributed by atoms with van der Waals surface area (Å²) >= 11 is 0. The molecule has 0 aliphatic rings. The van der Waals surface area contributed by atoms with Gasteiger partial charge < -0.3 is 19.3 Å². The van der Waals surface area contributed by atoms with E-state index < -0.39 is 0 Å². The van der Waals surface area contributed by atoms with E-state index in [-0.39, 0.29) is 12.5 Å². The van der Waals surface area contributed by atoms with E-state index in [2.05, 4.69) is 15.5 Å². The summed E-state index contributed by atoms with van der Waals surface area (Å²) in [5, 5.41) is 8.89. The van der Waals surface area contributed by atoms with E-state index in [4.69, 9.17) is 14.0 Å². The molecule has 7 heteroatoms. The number of nitrogens with one attached hydrogen (secondary N) is 1. The second-order valence-corrected chi connectivity index (χ2v) is 8.41. The van der Waals surface area contributed by atoms with Gasteiger partial charge in [0.05, 0.1) is 18.4 Å². The number of aryl methyl sites for hydroxylation is 1. The first-order chi connectivity index (χ1) is 17.6. The van der Waals surface area contributed by atoms with Gasteiger partial charge in [-0.2, -0.15) is 4.98 Å². The van der Waals surface area contributed by atoms with Crippen LogP contribution in [0.5, 0.6) is 11.5 Å². The lowest BCUT2D eigenvalue weighted by Crippen LogP contribution is -2.14. The van der Waals surface area contributed by atoms with Crippen molar-refractivity contribution in [3.05, 3.63) is 113 Å². The Bertz CT molecular complexity index is 1510. The third-order valence-corrected chi connectivity index (χ3v) is 5.76. The van der Waals surface area contributed by atoms with Gasteiger partial charge in [-0.1, -0.05) is 65.8 Å². The lowest BCUT2D eigenvalue weighted by Gasteiger charge is -2.14. The Morgan fingerprint density at radius 1 is 0.917 bits per heavy atom. The number of hydrogen-bond donors (Lipinski definition) is 1. The van der Waals surface area contributed by atoms with Crippen LogP contribution in [0.2, 0.25) is 0 Å². The zero-order chi connectivity index (χ0) is 24.9. The fourth-order valence-corrected chi connectivity index (χ4v) is 3.96. The number of nitrogens with zero attached hydrogens (tertiary/aromatic N) is 2. The number of rotatable bonds is 8. The van der Waals surface area contributed by atoms with Gasteiger partial charge in [0.1, 0.15) is 11.5 Å². The Morgan fingerprint density at radius 2 is 1.67 bits per heavy atom. The molecule has 7 nitrogen and oxygen atoms in total. The Hall–Kier alpha value is -4.65. The van der Waals surface area contributed by atoms with E-state index in [9.17, 15) is 4.79 Å². The molecule has 1 heterocycles. The Labute approximate surface area is 208 Å². The molecule has 5 rings (SSSR count). The monoisotopic (exact) mass is 479 g/mol. The summed E-state index contributed by atoms with van der Waals surface area (Å²) in [4.78, 5) is 17.8. The van der Waals surface area contributed by atoms with Crippen molar-refractivity contribution in [1.82, 2.24) is 10.1 Å². The van der Waals surface area contributed by atoms with Crippen LogP contribution < -0.4 is 14.8 Å². The predicted octanol–water partition coefficient (Wildman–Crippen LogP) is 5.96. The van der Waals surface area contributed by atoms with Crippen LogP contribution in [-0.2, 0) is 13.0 Å². The molecular formula is C29H25N3O4. The topological polar surface area (TPSA) is 86.5 Å². The van der Waals surface area contributed by atoms with E-state index >= 15 is 0 Å². The van der Waals surface area contributed by atoms with Crippen LogP contribution in [0.15, 0.2) is 89.5 Å². The van der Waals surface area contributed by atoms with Gasteiger partial charge >= 0.3 is 0 Å². The van der Waals surface area contributed by atoms with Crippen LogP contribution in [0.25, 0.3) is 10.8 Å². The van der Waals surface area contributed by atoms with Crippen molar-refractivity contribution >= 4 is 22.4 Å². The third-order valence-electron chi connectivity index (χ3n) is 5.76. The number of ether oxygens (including phenoxy) is 2. The highest BCUT2D eigenvalue weighted by atomic mass is 16.5. The highest BCUT2D eigenvalue weighted by molar-refractivity contribution is 6.09. The molecule has 1 N–H and O–H groups in total. The fraction of sp³-hybridized carbons (Fsp3) is 0.138. The first-order valence-electron chi connectivity index (χ1n) is 11.6. The maximum Gasteiger partial charge on any atom is 0.264 e. The van der Waals surface area contributed by atoms with Crippen molar-refractivity contribution in [1.29, 1.82) is 0 Å². The van der Waals surface area contributed by atoms with Gasteiger partial charge in [0.2, 0.25) is 0 Å². The van der Waals surface area contributed by atoms with Crippen LogP contribution in [0, 0.1) is 6.92 Å². The molecular weight excluding hydrogens is 454 g/mol. The third kappa shape index (κ3) is 5.20. The quantitative estimate of drug-likeness (QED) is 0.295. The largest absolute Gasteiger partial charge is 0.495 e. The van der Waals surface area contributed by atoms with Crippen molar-refractivity contribution in [3.63, 3.8) is 0 Å². The zero-order valence-electron chi connectivity index (χ0n) is 20.0. The fourth-order valence-electron chi connectivity index (χ4n) is 3.96. The van der Waals surface area contributed by atoms with Crippen LogP contribution in [0.1, 0.15) is 33.2 Å². The summed E-state index contributed by atoms with van der Waals surface area (Å²) in [7, 11) is 1.57. The van der Waals surface area contributed by atoms with Gasteiger partial charge in [-0.25, -0.2) is 0 Å². The molecule has 5 aromatic rings. The van der Waals surface area contributed by atoms with E-state index in [1.165, 1.54) is 0 Å². The molecule has 0 fully saturated rings. The first-order valence-corrected chi connectivity index (χ1v) is 11.6. The van der Waals surface area contributed by atoms with E-state index in [0.717, 1.165) is 21.9 Å².